The summed E-state index contributed by atoms with van der Waals surface area (Å²) in [5.74, 6) is -0.880. The van der Waals surface area contributed by atoms with Gasteiger partial charge in [0.05, 0.1) is 5.56 Å². The van der Waals surface area contributed by atoms with Gasteiger partial charge in [-0.3, -0.25) is 4.90 Å². The average Bonchev–Trinajstić information content (AvgIpc) is 2.65. The molecule has 0 spiro atoms. The Balaban J connectivity index is 1.97. The summed E-state index contributed by atoms with van der Waals surface area (Å²) in [7, 11) is 0. The van der Waals surface area contributed by atoms with Gasteiger partial charge in [-0.1, -0.05) is 12.1 Å². The lowest BCUT2D eigenvalue weighted by atomic mass is 10.1. The summed E-state index contributed by atoms with van der Waals surface area (Å²) < 4.78 is 0. The van der Waals surface area contributed by atoms with Crippen LogP contribution in [-0.2, 0) is 6.54 Å². The molecule has 16 heavy (non-hydrogen) atoms. The van der Waals surface area contributed by atoms with E-state index in [4.69, 9.17) is 10.8 Å². The average molecular weight is 220 g/mol. The van der Waals surface area contributed by atoms with Gasteiger partial charge in [0, 0.05) is 25.7 Å². The molecule has 1 atom stereocenters. The molecule has 0 aliphatic carbocycles. The smallest absolute Gasteiger partial charge is 0.335 e. The van der Waals surface area contributed by atoms with Crippen LogP contribution in [0.2, 0.25) is 0 Å². The fraction of sp³-hybridized carbons (Fsp3) is 0.417. The van der Waals surface area contributed by atoms with E-state index in [0.29, 0.717) is 11.6 Å². The van der Waals surface area contributed by atoms with Gasteiger partial charge in [-0.05, 0) is 24.1 Å². The van der Waals surface area contributed by atoms with E-state index in [2.05, 4.69) is 4.90 Å². The zero-order valence-electron chi connectivity index (χ0n) is 9.10. The first-order valence-electron chi connectivity index (χ1n) is 5.45. The van der Waals surface area contributed by atoms with E-state index in [1.54, 1.807) is 12.1 Å². The summed E-state index contributed by atoms with van der Waals surface area (Å²) in [6, 6.07) is 7.32. The van der Waals surface area contributed by atoms with Crippen LogP contribution in [0.1, 0.15) is 22.3 Å². The van der Waals surface area contributed by atoms with Crippen LogP contribution < -0.4 is 5.73 Å². The summed E-state index contributed by atoms with van der Waals surface area (Å²) in [6.07, 6.45) is 1.05. The molecule has 1 aliphatic heterocycles. The quantitative estimate of drug-likeness (QED) is 0.795. The van der Waals surface area contributed by atoms with Crippen molar-refractivity contribution < 1.29 is 9.90 Å². The molecule has 0 bridgehead atoms. The fourth-order valence-corrected chi connectivity index (χ4v) is 2.02. The molecule has 0 saturated carbocycles. The first kappa shape index (κ1) is 11.1. The molecule has 1 saturated heterocycles. The van der Waals surface area contributed by atoms with Crippen molar-refractivity contribution in [3.63, 3.8) is 0 Å². The van der Waals surface area contributed by atoms with Gasteiger partial charge in [-0.25, -0.2) is 4.79 Å². The van der Waals surface area contributed by atoms with Crippen molar-refractivity contribution >= 4 is 5.97 Å². The maximum absolute atomic E-state index is 10.7. The number of nitrogens with two attached hydrogens (primary N) is 1. The molecule has 1 aromatic rings. The van der Waals surface area contributed by atoms with Crippen molar-refractivity contribution in [3.8, 4) is 0 Å². The lowest BCUT2D eigenvalue weighted by Crippen LogP contribution is -2.26. The highest BCUT2D eigenvalue weighted by Gasteiger charge is 2.18. The van der Waals surface area contributed by atoms with E-state index < -0.39 is 5.97 Å². The zero-order chi connectivity index (χ0) is 11.5. The molecule has 1 aromatic carbocycles. The van der Waals surface area contributed by atoms with Gasteiger partial charge >= 0.3 is 5.97 Å². The molecule has 0 aromatic heterocycles. The lowest BCUT2D eigenvalue weighted by molar-refractivity contribution is 0.0697. The highest BCUT2D eigenvalue weighted by molar-refractivity contribution is 5.87. The Bertz CT molecular complexity index is 375. The maximum atomic E-state index is 10.7. The molecule has 0 amide bonds. The Morgan fingerprint density at radius 1 is 1.44 bits per heavy atom. The van der Waals surface area contributed by atoms with Gasteiger partial charge in [-0.15, -0.1) is 0 Å². The normalized spacial score (nSPS) is 21.2. The second kappa shape index (κ2) is 4.63. The van der Waals surface area contributed by atoms with Crippen LogP contribution in [0.4, 0.5) is 0 Å². The number of likely N-dealkylation sites (tertiary alicyclic amines) is 1. The Hall–Kier alpha value is -1.39. The molecule has 86 valence electrons. The third-order valence-corrected chi connectivity index (χ3v) is 2.92. The van der Waals surface area contributed by atoms with Gasteiger partial charge < -0.3 is 10.8 Å². The predicted octanol–water partition coefficient (Wildman–Crippen LogP) is 0.918. The third-order valence-electron chi connectivity index (χ3n) is 2.92. The molecule has 1 aliphatic rings. The number of carboxylic acid groups (broad SMARTS) is 1. The molecule has 3 N–H and O–H groups in total. The number of rotatable bonds is 3. The highest BCUT2D eigenvalue weighted by Crippen LogP contribution is 2.12. The molecule has 0 radical (unpaired) electrons. The number of carboxylic acids is 1. The third kappa shape index (κ3) is 2.59. The summed E-state index contributed by atoms with van der Waals surface area (Å²) >= 11 is 0. The van der Waals surface area contributed by atoms with Crippen molar-refractivity contribution in [1.29, 1.82) is 0 Å². The van der Waals surface area contributed by atoms with Crippen LogP contribution in [0.25, 0.3) is 0 Å². The van der Waals surface area contributed by atoms with E-state index in [9.17, 15) is 4.79 Å². The first-order valence-corrected chi connectivity index (χ1v) is 5.45. The predicted molar refractivity (Wildman–Crippen MR) is 61.3 cm³/mol. The van der Waals surface area contributed by atoms with Crippen LogP contribution in [0.15, 0.2) is 24.3 Å². The van der Waals surface area contributed by atoms with Gasteiger partial charge in [0.2, 0.25) is 0 Å². The number of carbonyl (C=O) groups is 1. The van der Waals surface area contributed by atoms with Gasteiger partial charge in [0.15, 0.2) is 0 Å². The Labute approximate surface area is 94.7 Å². The van der Waals surface area contributed by atoms with E-state index in [0.717, 1.165) is 31.6 Å². The van der Waals surface area contributed by atoms with E-state index in [1.165, 1.54) is 0 Å². The summed E-state index contributed by atoms with van der Waals surface area (Å²) in [6.45, 7) is 2.82. The van der Waals surface area contributed by atoms with Crippen LogP contribution >= 0.6 is 0 Å². The van der Waals surface area contributed by atoms with Crippen molar-refractivity contribution in [1.82, 2.24) is 4.90 Å². The topological polar surface area (TPSA) is 66.6 Å². The second-order valence-corrected chi connectivity index (χ2v) is 4.29. The van der Waals surface area contributed by atoms with Crippen LogP contribution in [0.5, 0.6) is 0 Å². The van der Waals surface area contributed by atoms with E-state index >= 15 is 0 Å². The van der Waals surface area contributed by atoms with Crippen molar-refractivity contribution in [3.05, 3.63) is 35.4 Å². The largest absolute Gasteiger partial charge is 0.478 e. The SMILES string of the molecule is N[C@@H]1CCN(Cc2ccc(C(=O)O)cc2)C1. The highest BCUT2D eigenvalue weighted by atomic mass is 16.4. The first-order chi connectivity index (χ1) is 7.65. The number of hydrogen-bond acceptors (Lipinski definition) is 3. The molecule has 1 fully saturated rings. The summed E-state index contributed by atoms with van der Waals surface area (Å²) in [5.41, 5.74) is 7.30. The summed E-state index contributed by atoms with van der Waals surface area (Å²) in [4.78, 5) is 13.0. The monoisotopic (exact) mass is 220 g/mol. The number of hydrogen-bond donors (Lipinski definition) is 2. The van der Waals surface area contributed by atoms with Gasteiger partial charge in [0.1, 0.15) is 0 Å². The number of nitrogens with zero attached hydrogens (tertiary/aromatic N) is 1. The van der Waals surface area contributed by atoms with Crippen molar-refractivity contribution in [2.24, 2.45) is 5.73 Å². The van der Waals surface area contributed by atoms with Crippen molar-refractivity contribution in [2.45, 2.75) is 19.0 Å². The van der Waals surface area contributed by atoms with Crippen molar-refractivity contribution in [2.75, 3.05) is 13.1 Å². The number of aromatic carboxylic acids is 1. The van der Waals surface area contributed by atoms with Crippen LogP contribution in [-0.4, -0.2) is 35.1 Å². The summed E-state index contributed by atoms with van der Waals surface area (Å²) in [5, 5.41) is 8.77. The minimum atomic E-state index is -0.880. The number of benzene rings is 1. The molecular formula is C12H16N2O2. The van der Waals surface area contributed by atoms with E-state index in [-0.39, 0.29) is 0 Å². The molecular weight excluding hydrogens is 204 g/mol. The van der Waals surface area contributed by atoms with E-state index in [1.807, 2.05) is 12.1 Å². The molecule has 1 heterocycles. The van der Waals surface area contributed by atoms with Crippen LogP contribution in [0, 0.1) is 0 Å². The van der Waals surface area contributed by atoms with Gasteiger partial charge in [-0.2, -0.15) is 0 Å². The fourth-order valence-electron chi connectivity index (χ4n) is 2.02. The second-order valence-electron chi connectivity index (χ2n) is 4.29. The lowest BCUT2D eigenvalue weighted by Gasteiger charge is -2.14. The minimum absolute atomic E-state index is 0.290. The minimum Gasteiger partial charge on any atom is -0.478 e. The standard InChI is InChI=1S/C12H16N2O2/c13-11-5-6-14(8-11)7-9-1-3-10(4-2-9)12(15)16/h1-4,11H,5-8,13H2,(H,15,16)/t11-/m1/s1. The maximum Gasteiger partial charge on any atom is 0.335 e. The Kier molecular flexibility index (Phi) is 3.22. The molecule has 2 rings (SSSR count). The zero-order valence-corrected chi connectivity index (χ0v) is 9.10. The molecule has 4 heteroatoms. The van der Waals surface area contributed by atoms with Gasteiger partial charge in [0.25, 0.3) is 0 Å². The Morgan fingerprint density at radius 2 is 2.12 bits per heavy atom. The molecule has 4 nitrogen and oxygen atoms in total. The molecule has 0 unspecified atom stereocenters. The van der Waals surface area contributed by atoms with Crippen LogP contribution in [0.3, 0.4) is 0 Å². The Morgan fingerprint density at radius 3 is 2.62 bits per heavy atom.